The van der Waals surface area contributed by atoms with Crippen molar-refractivity contribution in [3.8, 4) is 0 Å². The maximum atomic E-state index is 13.0. The lowest BCUT2D eigenvalue weighted by atomic mass is 10.1. The zero-order valence-corrected chi connectivity index (χ0v) is 16.9. The number of fused-ring (bicyclic) bond motifs is 1. The molecule has 0 saturated heterocycles. The van der Waals surface area contributed by atoms with Gasteiger partial charge in [-0.1, -0.05) is 56.0 Å². The Morgan fingerprint density at radius 1 is 1.11 bits per heavy atom. The number of anilines is 1. The highest BCUT2D eigenvalue weighted by Gasteiger charge is 2.17. The van der Waals surface area contributed by atoms with E-state index in [0.29, 0.717) is 28.0 Å². The summed E-state index contributed by atoms with van der Waals surface area (Å²) >= 11 is 5.99. The lowest BCUT2D eigenvalue weighted by Gasteiger charge is -2.12. The third kappa shape index (κ3) is 4.42. The first-order valence-corrected chi connectivity index (χ1v) is 9.96. The standard InChI is InChI=1S/C22H24ClN3O2/c1-3-4-5-8-13-26-22(28)18-10-7-6-9-17(18)20(25-26)21(27)24-19-12-11-16(23)14-15(19)2/h6-7,9-12,14H,3-5,8,13H2,1-2H3,(H,24,27). The molecule has 1 heterocycles. The summed E-state index contributed by atoms with van der Waals surface area (Å²) in [7, 11) is 0. The molecule has 0 saturated carbocycles. The fourth-order valence-corrected chi connectivity index (χ4v) is 3.42. The minimum atomic E-state index is -0.344. The molecule has 6 heteroatoms. The summed E-state index contributed by atoms with van der Waals surface area (Å²) in [5, 5.41) is 8.97. The molecular formula is C22H24ClN3O2. The first-order chi connectivity index (χ1) is 13.5. The van der Waals surface area contributed by atoms with Gasteiger partial charge in [0, 0.05) is 22.6 Å². The van der Waals surface area contributed by atoms with E-state index in [-0.39, 0.29) is 17.2 Å². The molecular weight excluding hydrogens is 374 g/mol. The van der Waals surface area contributed by atoms with Crippen molar-refractivity contribution in [1.29, 1.82) is 0 Å². The Bertz CT molecular complexity index is 1060. The SMILES string of the molecule is CCCCCCn1nc(C(=O)Nc2ccc(Cl)cc2C)c2ccccc2c1=O. The molecule has 5 nitrogen and oxygen atoms in total. The van der Waals surface area contributed by atoms with Crippen LogP contribution in [0, 0.1) is 6.92 Å². The van der Waals surface area contributed by atoms with E-state index in [9.17, 15) is 9.59 Å². The number of carbonyl (C=O) groups excluding carboxylic acids is 1. The van der Waals surface area contributed by atoms with E-state index in [1.54, 1.807) is 42.5 Å². The van der Waals surface area contributed by atoms with Crippen LogP contribution in [0.2, 0.25) is 5.02 Å². The van der Waals surface area contributed by atoms with E-state index in [1.165, 1.54) is 4.68 Å². The van der Waals surface area contributed by atoms with Gasteiger partial charge < -0.3 is 5.32 Å². The first-order valence-electron chi connectivity index (χ1n) is 9.58. The van der Waals surface area contributed by atoms with E-state index in [4.69, 9.17) is 11.6 Å². The molecule has 0 aliphatic heterocycles. The second-order valence-electron chi connectivity index (χ2n) is 6.90. The molecule has 0 atom stereocenters. The molecule has 28 heavy (non-hydrogen) atoms. The molecule has 1 amide bonds. The minimum Gasteiger partial charge on any atom is -0.320 e. The number of nitrogens with one attached hydrogen (secondary N) is 1. The fourth-order valence-electron chi connectivity index (χ4n) is 3.19. The van der Waals surface area contributed by atoms with Gasteiger partial charge in [-0.25, -0.2) is 4.68 Å². The number of halogens is 1. The number of rotatable bonds is 7. The molecule has 3 aromatic rings. The molecule has 2 aromatic carbocycles. The molecule has 0 aliphatic carbocycles. The third-order valence-electron chi connectivity index (χ3n) is 4.74. The Morgan fingerprint density at radius 2 is 1.86 bits per heavy atom. The van der Waals surface area contributed by atoms with Gasteiger partial charge in [0.25, 0.3) is 11.5 Å². The zero-order valence-electron chi connectivity index (χ0n) is 16.2. The van der Waals surface area contributed by atoms with Crippen molar-refractivity contribution >= 4 is 34.0 Å². The van der Waals surface area contributed by atoms with Gasteiger partial charge in [-0.05, 0) is 43.2 Å². The average Bonchev–Trinajstić information content (AvgIpc) is 2.69. The highest BCUT2D eigenvalue weighted by atomic mass is 35.5. The van der Waals surface area contributed by atoms with Gasteiger partial charge >= 0.3 is 0 Å². The van der Waals surface area contributed by atoms with Crippen molar-refractivity contribution in [1.82, 2.24) is 9.78 Å². The Hall–Kier alpha value is -2.66. The Morgan fingerprint density at radius 3 is 2.57 bits per heavy atom. The highest BCUT2D eigenvalue weighted by molar-refractivity contribution is 6.30. The third-order valence-corrected chi connectivity index (χ3v) is 4.98. The van der Waals surface area contributed by atoms with Crippen LogP contribution < -0.4 is 10.9 Å². The van der Waals surface area contributed by atoms with Gasteiger partial charge in [-0.15, -0.1) is 0 Å². The molecule has 0 spiro atoms. The summed E-state index contributed by atoms with van der Waals surface area (Å²) in [6.07, 6.45) is 4.12. The Balaban J connectivity index is 1.97. The number of nitrogens with zero attached hydrogens (tertiary/aromatic N) is 2. The number of aryl methyl sites for hydroxylation is 2. The van der Waals surface area contributed by atoms with Crippen LogP contribution in [0.5, 0.6) is 0 Å². The van der Waals surface area contributed by atoms with E-state index < -0.39 is 0 Å². The van der Waals surface area contributed by atoms with Gasteiger partial charge in [0.15, 0.2) is 5.69 Å². The first kappa shape index (κ1) is 20.1. The van der Waals surface area contributed by atoms with Gasteiger partial charge in [-0.3, -0.25) is 9.59 Å². The molecule has 0 fully saturated rings. The van der Waals surface area contributed by atoms with Gasteiger partial charge in [0.2, 0.25) is 0 Å². The van der Waals surface area contributed by atoms with E-state index in [2.05, 4.69) is 17.3 Å². The summed E-state index contributed by atoms with van der Waals surface area (Å²) in [6, 6.07) is 12.4. The molecule has 3 rings (SSSR count). The van der Waals surface area contributed by atoms with E-state index in [1.807, 2.05) is 6.92 Å². The molecule has 0 radical (unpaired) electrons. The normalized spacial score (nSPS) is 11.0. The van der Waals surface area contributed by atoms with Crippen LogP contribution in [0.25, 0.3) is 10.8 Å². The monoisotopic (exact) mass is 397 g/mol. The van der Waals surface area contributed by atoms with E-state index >= 15 is 0 Å². The summed E-state index contributed by atoms with van der Waals surface area (Å²) in [6.45, 7) is 4.52. The summed E-state index contributed by atoms with van der Waals surface area (Å²) in [5.74, 6) is -0.344. The van der Waals surface area contributed by atoms with Crippen LogP contribution in [0.3, 0.4) is 0 Å². The van der Waals surface area contributed by atoms with Crippen LogP contribution in [-0.2, 0) is 6.54 Å². The molecule has 1 N–H and O–H groups in total. The summed E-state index contributed by atoms with van der Waals surface area (Å²) in [5.41, 5.74) is 1.62. The fraction of sp³-hybridized carbons (Fsp3) is 0.318. The molecule has 146 valence electrons. The molecule has 0 unspecified atom stereocenters. The molecule has 1 aromatic heterocycles. The number of amides is 1. The van der Waals surface area contributed by atoms with Gasteiger partial charge in [0.1, 0.15) is 0 Å². The number of benzene rings is 2. The topological polar surface area (TPSA) is 64.0 Å². The van der Waals surface area contributed by atoms with E-state index in [0.717, 1.165) is 31.2 Å². The maximum absolute atomic E-state index is 13.0. The van der Waals surface area contributed by atoms with Crippen molar-refractivity contribution in [3.05, 3.63) is 69.1 Å². The summed E-state index contributed by atoms with van der Waals surface area (Å²) < 4.78 is 1.42. The quantitative estimate of drug-likeness (QED) is 0.558. The van der Waals surface area contributed by atoms with Crippen LogP contribution in [0.15, 0.2) is 47.3 Å². The summed E-state index contributed by atoms with van der Waals surface area (Å²) in [4.78, 5) is 25.8. The smallest absolute Gasteiger partial charge is 0.276 e. The molecule has 0 bridgehead atoms. The number of hydrogen-bond acceptors (Lipinski definition) is 3. The second-order valence-corrected chi connectivity index (χ2v) is 7.33. The minimum absolute atomic E-state index is 0.161. The van der Waals surface area contributed by atoms with Crippen molar-refractivity contribution in [3.63, 3.8) is 0 Å². The van der Waals surface area contributed by atoms with Gasteiger partial charge in [-0.2, -0.15) is 5.10 Å². The largest absolute Gasteiger partial charge is 0.320 e. The Kier molecular flexibility index (Phi) is 6.47. The molecule has 0 aliphatic rings. The average molecular weight is 398 g/mol. The predicted molar refractivity (Wildman–Crippen MR) is 114 cm³/mol. The van der Waals surface area contributed by atoms with Crippen molar-refractivity contribution in [2.75, 3.05) is 5.32 Å². The lowest BCUT2D eigenvalue weighted by Crippen LogP contribution is -2.28. The highest BCUT2D eigenvalue weighted by Crippen LogP contribution is 2.21. The zero-order chi connectivity index (χ0) is 20.1. The van der Waals surface area contributed by atoms with Crippen LogP contribution in [0.4, 0.5) is 5.69 Å². The number of hydrogen-bond donors (Lipinski definition) is 1. The van der Waals surface area contributed by atoms with Crippen molar-refractivity contribution in [2.24, 2.45) is 0 Å². The van der Waals surface area contributed by atoms with Crippen LogP contribution in [0.1, 0.15) is 48.7 Å². The number of carbonyl (C=O) groups is 1. The van der Waals surface area contributed by atoms with Crippen molar-refractivity contribution in [2.45, 2.75) is 46.1 Å². The second kappa shape index (κ2) is 9.02. The lowest BCUT2D eigenvalue weighted by molar-refractivity contribution is 0.102. The number of unbranched alkanes of at least 4 members (excludes halogenated alkanes) is 3. The number of aromatic nitrogens is 2. The van der Waals surface area contributed by atoms with Gasteiger partial charge in [0.05, 0.1) is 5.39 Å². The Labute approximate surface area is 169 Å². The maximum Gasteiger partial charge on any atom is 0.276 e. The van der Waals surface area contributed by atoms with Crippen LogP contribution in [-0.4, -0.2) is 15.7 Å². The van der Waals surface area contributed by atoms with Crippen LogP contribution >= 0.6 is 11.6 Å². The predicted octanol–water partition coefficient (Wildman–Crippen LogP) is 5.19. The van der Waals surface area contributed by atoms with Crippen molar-refractivity contribution < 1.29 is 4.79 Å².